The number of rotatable bonds is 5. The van der Waals surface area contributed by atoms with Crippen molar-refractivity contribution in [3.05, 3.63) is 33.9 Å². The highest BCUT2D eigenvalue weighted by atomic mass is 35.5. The molecule has 0 bridgehead atoms. The number of hydrogen-bond donors (Lipinski definition) is 0. The second kappa shape index (κ2) is 8.35. The molecule has 1 fully saturated rings. The maximum atomic E-state index is 12.9. The molecule has 3 rings (SSSR count). The third kappa shape index (κ3) is 4.58. The summed E-state index contributed by atoms with van der Waals surface area (Å²) in [5, 5.41) is 7.39. The Kier molecular flexibility index (Phi) is 6.23. The van der Waals surface area contributed by atoms with Crippen LogP contribution in [0, 0.1) is 13.8 Å². The molecule has 1 saturated heterocycles. The molecule has 3 heterocycles. The number of amides is 1. The van der Waals surface area contributed by atoms with Gasteiger partial charge in [0.25, 0.3) is 0 Å². The Balaban J connectivity index is 1.57. The van der Waals surface area contributed by atoms with Gasteiger partial charge in [0.05, 0.1) is 16.9 Å². The molecule has 0 atom stereocenters. The third-order valence-electron chi connectivity index (χ3n) is 5.31. The third-order valence-corrected chi connectivity index (χ3v) is 5.76. The van der Waals surface area contributed by atoms with Gasteiger partial charge in [0.1, 0.15) is 6.54 Å². The van der Waals surface area contributed by atoms with Crippen LogP contribution in [-0.2, 0) is 30.6 Å². The van der Waals surface area contributed by atoms with E-state index >= 15 is 0 Å². The van der Waals surface area contributed by atoms with Crippen molar-refractivity contribution < 1.29 is 18.0 Å². The molecular weight excluding hydrogens is 409 g/mol. The summed E-state index contributed by atoms with van der Waals surface area (Å²) in [6.45, 7) is 9.24. The number of piperazine rings is 1. The Labute approximate surface area is 172 Å². The van der Waals surface area contributed by atoms with Crippen LogP contribution in [0.5, 0.6) is 0 Å². The summed E-state index contributed by atoms with van der Waals surface area (Å²) in [4.78, 5) is 16.5. The largest absolute Gasteiger partial charge is 0.436 e. The quantitative estimate of drug-likeness (QED) is 0.729. The van der Waals surface area contributed by atoms with Gasteiger partial charge in [0.15, 0.2) is 5.69 Å². The number of hydrogen-bond acceptors (Lipinski definition) is 4. The van der Waals surface area contributed by atoms with Gasteiger partial charge in [-0.05, 0) is 20.8 Å². The summed E-state index contributed by atoms with van der Waals surface area (Å²) in [6.07, 6.45) is -2.77. The smallest absolute Gasteiger partial charge is 0.339 e. The first-order valence-electron chi connectivity index (χ1n) is 9.43. The maximum absolute atomic E-state index is 12.9. The molecule has 1 aliphatic heterocycles. The molecule has 1 aliphatic rings. The lowest BCUT2D eigenvalue weighted by molar-refractivity contribution is -0.142. The highest BCUT2D eigenvalue weighted by molar-refractivity contribution is 6.32. The molecule has 0 aromatic carbocycles. The van der Waals surface area contributed by atoms with Crippen LogP contribution in [0.1, 0.15) is 29.6 Å². The van der Waals surface area contributed by atoms with Gasteiger partial charge in [-0.15, -0.1) is 0 Å². The van der Waals surface area contributed by atoms with Crippen LogP contribution >= 0.6 is 11.6 Å². The first-order valence-corrected chi connectivity index (χ1v) is 9.81. The highest BCUT2D eigenvalue weighted by Gasteiger charge is 2.38. The Morgan fingerprint density at radius 3 is 2.31 bits per heavy atom. The number of aryl methyl sites for hydroxylation is 1. The van der Waals surface area contributed by atoms with Crippen LogP contribution in [0.25, 0.3) is 0 Å². The molecule has 2 aromatic heterocycles. The number of carbonyl (C=O) groups is 1. The number of halogens is 4. The summed E-state index contributed by atoms with van der Waals surface area (Å²) >= 11 is 5.75. The van der Waals surface area contributed by atoms with Gasteiger partial charge in [-0.2, -0.15) is 23.4 Å². The van der Waals surface area contributed by atoms with Crippen LogP contribution in [0.3, 0.4) is 0 Å². The summed E-state index contributed by atoms with van der Waals surface area (Å²) in [7, 11) is 0. The predicted molar refractivity (Wildman–Crippen MR) is 101 cm³/mol. The SMILES string of the molecule is CCn1ncc(CN2CCN(C(=O)Cn3nc(C(F)(F)F)c(Cl)c3C)CC2)c1C. The first kappa shape index (κ1) is 21.6. The van der Waals surface area contributed by atoms with Crippen LogP contribution in [0.2, 0.25) is 5.02 Å². The number of alkyl halides is 3. The average molecular weight is 433 g/mol. The summed E-state index contributed by atoms with van der Waals surface area (Å²) < 4.78 is 41.8. The fraction of sp³-hybridized carbons (Fsp3) is 0.611. The zero-order chi connectivity index (χ0) is 21.3. The van der Waals surface area contributed by atoms with Gasteiger partial charge >= 0.3 is 6.18 Å². The molecule has 29 heavy (non-hydrogen) atoms. The molecule has 0 aliphatic carbocycles. The fourth-order valence-electron chi connectivity index (χ4n) is 3.44. The molecule has 0 saturated carbocycles. The maximum Gasteiger partial charge on any atom is 0.436 e. The summed E-state index contributed by atoms with van der Waals surface area (Å²) in [5.74, 6) is -0.268. The van der Waals surface area contributed by atoms with Crippen molar-refractivity contribution in [1.82, 2.24) is 29.4 Å². The van der Waals surface area contributed by atoms with E-state index in [4.69, 9.17) is 11.6 Å². The van der Waals surface area contributed by atoms with E-state index in [-0.39, 0.29) is 18.1 Å². The first-order chi connectivity index (χ1) is 13.6. The van der Waals surface area contributed by atoms with Crippen molar-refractivity contribution in [3.8, 4) is 0 Å². The lowest BCUT2D eigenvalue weighted by Crippen LogP contribution is -2.49. The molecule has 0 N–H and O–H groups in total. The molecule has 0 unspecified atom stereocenters. The van der Waals surface area contributed by atoms with Crippen LogP contribution in [0.15, 0.2) is 6.20 Å². The second-order valence-electron chi connectivity index (χ2n) is 7.13. The van der Waals surface area contributed by atoms with E-state index in [0.29, 0.717) is 26.2 Å². The summed E-state index contributed by atoms with van der Waals surface area (Å²) in [6, 6.07) is 0. The molecule has 7 nitrogen and oxygen atoms in total. The minimum Gasteiger partial charge on any atom is -0.339 e. The van der Waals surface area contributed by atoms with E-state index < -0.39 is 16.9 Å². The highest BCUT2D eigenvalue weighted by Crippen LogP contribution is 2.35. The fourth-order valence-corrected chi connectivity index (χ4v) is 3.69. The van der Waals surface area contributed by atoms with E-state index in [2.05, 4.69) is 15.1 Å². The van der Waals surface area contributed by atoms with Gasteiger partial charge < -0.3 is 4.90 Å². The van der Waals surface area contributed by atoms with Crippen LogP contribution < -0.4 is 0 Å². The van der Waals surface area contributed by atoms with Gasteiger partial charge in [0.2, 0.25) is 5.91 Å². The standard InChI is InChI=1S/C18H24ClF3N6O/c1-4-27-12(2)14(9-23-27)10-25-5-7-26(8-6-25)15(29)11-28-13(3)16(19)17(24-28)18(20,21)22/h9H,4-8,10-11H2,1-3H3. The summed E-state index contributed by atoms with van der Waals surface area (Å²) in [5.41, 5.74) is 1.28. The molecule has 11 heteroatoms. The lowest BCUT2D eigenvalue weighted by atomic mass is 10.2. The molecule has 160 valence electrons. The van der Waals surface area contributed by atoms with Crippen molar-refractivity contribution in [1.29, 1.82) is 0 Å². The molecule has 0 radical (unpaired) electrons. The average Bonchev–Trinajstić information content (AvgIpc) is 3.16. The van der Waals surface area contributed by atoms with E-state index in [1.54, 1.807) is 4.90 Å². The predicted octanol–water partition coefficient (Wildman–Crippen LogP) is 2.73. The van der Waals surface area contributed by atoms with Crippen molar-refractivity contribution in [2.45, 2.75) is 46.6 Å². The van der Waals surface area contributed by atoms with Crippen LogP contribution in [0.4, 0.5) is 13.2 Å². The minimum absolute atomic E-state index is 0.134. The normalized spacial score (nSPS) is 15.9. The Morgan fingerprint density at radius 2 is 1.79 bits per heavy atom. The second-order valence-corrected chi connectivity index (χ2v) is 7.51. The van der Waals surface area contributed by atoms with E-state index in [0.717, 1.165) is 29.0 Å². The molecule has 1 amide bonds. The number of nitrogens with zero attached hydrogens (tertiary/aromatic N) is 6. The van der Waals surface area contributed by atoms with E-state index in [9.17, 15) is 18.0 Å². The van der Waals surface area contributed by atoms with Crippen molar-refractivity contribution >= 4 is 17.5 Å². The topological polar surface area (TPSA) is 59.2 Å². The van der Waals surface area contributed by atoms with Crippen molar-refractivity contribution in [2.24, 2.45) is 0 Å². The van der Waals surface area contributed by atoms with Crippen LogP contribution in [-0.4, -0.2) is 61.4 Å². The van der Waals surface area contributed by atoms with Gasteiger partial charge in [-0.3, -0.25) is 19.1 Å². The Hall–Kier alpha value is -2.07. The van der Waals surface area contributed by atoms with Gasteiger partial charge in [0, 0.05) is 50.5 Å². The number of carbonyl (C=O) groups excluding carboxylic acids is 1. The van der Waals surface area contributed by atoms with Gasteiger partial charge in [-0.1, -0.05) is 11.6 Å². The van der Waals surface area contributed by atoms with Crippen molar-refractivity contribution in [2.75, 3.05) is 26.2 Å². The molecular formula is C18H24ClF3N6O. The van der Waals surface area contributed by atoms with Gasteiger partial charge in [-0.25, -0.2) is 0 Å². The van der Waals surface area contributed by atoms with E-state index in [1.807, 2.05) is 24.7 Å². The minimum atomic E-state index is -4.65. The number of aromatic nitrogens is 4. The monoisotopic (exact) mass is 432 g/mol. The molecule has 2 aromatic rings. The Morgan fingerprint density at radius 1 is 1.14 bits per heavy atom. The molecule has 0 spiro atoms. The lowest BCUT2D eigenvalue weighted by Gasteiger charge is -2.34. The van der Waals surface area contributed by atoms with Crippen molar-refractivity contribution in [3.63, 3.8) is 0 Å². The zero-order valence-corrected chi connectivity index (χ0v) is 17.4. The zero-order valence-electron chi connectivity index (χ0n) is 16.6. The Bertz CT molecular complexity index is 883. The van der Waals surface area contributed by atoms with E-state index in [1.165, 1.54) is 6.92 Å².